The van der Waals surface area contributed by atoms with Gasteiger partial charge < -0.3 is 20.5 Å². The van der Waals surface area contributed by atoms with Crippen LogP contribution in [0.1, 0.15) is 13.8 Å². The molecule has 1 aromatic carbocycles. The number of carboxylic acid groups (broad SMARTS) is 1. The van der Waals surface area contributed by atoms with E-state index in [0.717, 1.165) is 0 Å². The predicted octanol–water partition coefficient (Wildman–Crippen LogP) is 1.84. The molecule has 0 bridgehead atoms. The third-order valence-corrected chi connectivity index (χ3v) is 2.43. The summed E-state index contributed by atoms with van der Waals surface area (Å²) >= 11 is 5.73. The SMILES string of the molecule is CC(NC(=O)NC(C)C(=O)O)Oc1ccc(Cl)cc1. The normalized spacial score (nSPS) is 13.2. The smallest absolute Gasteiger partial charge is 0.325 e. The van der Waals surface area contributed by atoms with Crippen LogP contribution in [0.25, 0.3) is 0 Å². The number of benzene rings is 1. The van der Waals surface area contributed by atoms with Crippen molar-refractivity contribution < 1.29 is 19.4 Å². The Kier molecular flexibility index (Phi) is 5.44. The predicted molar refractivity (Wildman–Crippen MR) is 70.3 cm³/mol. The van der Waals surface area contributed by atoms with Crippen LogP contribution in [-0.4, -0.2) is 29.4 Å². The van der Waals surface area contributed by atoms with E-state index in [4.69, 9.17) is 21.4 Å². The summed E-state index contributed by atoms with van der Waals surface area (Å²) in [6.45, 7) is 2.99. The lowest BCUT2D eigenvalue weighted by atomic mass is 10.3. The van der Waals surface area contributed by atoms with E-state index in [9.17, 15) is 9.59 Å². The molecule has 19 heavy (non-hydrogen) atoms. The maximum Gasteiger partial charge on any atom is 0.325 e. The van der Waals surface area contributed by atoms with Gasteiger partial charge in [0.1, 0.15) is 11.8 Å². The van der Waals surface area contributed by atoms with Crippen molar-refractivity contribution in [2.45, 2.75) is 26.1 Å². The van der Waals surface area contributed by atoms with E-state index in [1.54, 1.807) is 31.2 Å². The minimum atomic E-state index is -1.11. The average molecular weight is 287 g/mol. The molecule has 2 unspecified atom stereocenters. The number of ether oxygens (including phenoxy) is 1. The number of hydrogen-bond acceptors (Lipinski definition) is 3. The number of carboxylic acids is 1. The van der Waals surface area contributed by atoms with Crippen molar-refractivity contribution in [2.75, 3.05) is 0 Å². The molecule has 0 saturated carbocycles. The van der Waals surface area contributed by atoms with Gasteiger partial charge in [-0.1, -0.05) is 11.6 Å². The Bertz CT molecular complexity index is 450. The number of carbonyl (C=O) groups excluding carboxylic acids is 1. The van der Waals surface area contributed by atoms with Gasteiger partial charge in [0.15, 0.2) is 6.23 Å². The molecule has 0 aromatic heterocycles. The van der Waals surface area contributed by atoms with E-state index in [1.807, 2.05) is 0 Å². The van der Waals surface area contributed by atoms with Gasteiger partial charge in [0.05, 0.1) is 0 Å². The fourth-order valence-corrected chi connectivity index (χ4v) is 1.36. The molecule has 104 valence electrons. The lowest BCUT2D eigenvalue weighted by molar-refractivity contribution is -0.138. The van der Waals surface area contributed by atoms with E-state index < -0.39 is 24.3 Å². The zero-order valence-electron chi connectivity index (χ0n) is 10.5. The van der Waals surface area contributed by atoms with Crippen molar-refractivity contribution in [3.8, 4) is 5.75 Å². The van der Waals surface area contributed by atoms with Gasteiger partial charge in [-0.15, -0.1) is 0 Å². The molecule has 0 saturated heterocycles. The zero-order valence-corrected chi connectivity index (χ0v) is 11.3. The Morgan fingerprint density at radius 3 is 2.32 bits per heavy atom. The van der Waals surface area contributed by atoms with Gasteiger partial charge in [-0.05, 0) is 38.1 Å². The van der Waals surface area contributed by atoms with E-state index in [2.05, 4.69) is 10.6 Å². The minimum absolute atomic E-state index is 0.545. The van der Waals surface area contributed by atoms with Crippen LogP contribution < -0.4 is 15.4 Å². The van der Waals surface area contributed by atoms with E-state index in [0.29, 0.717) is 10.8 Å². The van der Waals surface area contributed by atoms with Gasteiger partial charge in [0.2, 0.25) is 0 Å². The average Bonchev–Trinajstić information content (AvgIpc) is 2.31. The summed E-state index contributed by atoms with van der Waals surface area (Å²) in [5.41, 5.74) is 0. The highest BCUT2D eigenvalue weighted by Gasteiger charge is 2.15. The van der Waals surface area contributed by atoms with Crippen LogP contribution in [0.15, 0.2) is 24.3 Å². The third-order valence-electron chi connectivity index (χ3n) is 2.18. The molecule has 1 aromatic rings. The number of urea groups is 1. The molecule has 0 aliphatic heterocycles. The second-order valence-electron chi connectivity index (χ2n) is 3.89. The molecular formula is C12H15ClN2O4. The molecule has 0 fully saturated rings. The molecule has 0 spiro atoms. The molecule has 0 aliphatic rings. The minimum Gasteiger partial charge on any atom is -0.480 e. The van der Waals surface area contributed by atoms with Crippen LogP contribution in [0.3, 0.4) is 0 Å². The van der Waals surface area contributed by atoms with Gasteiger partial charge in [-0.25, -0.2) is 4.79 Å². The van der Waals surface area contributed by atoms with Crippen molar-refractivity contribution in [1.82, 2.24) is 10.6 Å². The first-order valence-electron chi connectivity index (χ1n) is 5.60. The molecular weight excluding hydrogens is 272 g/mol. The van der Waals surface area contributed by atoms with Crippen molar-refractivity contribution in [1.29, 1.82) is 0 Å². The molecule has 0 heterocycles. The van der Waals surface area contributed by atoms with Gasteiger partial charge in [0, 0.05) is 5.02 Å². The third kappa shape index (κ3) is 5.48. The fourth-order valence-electron chi connectivity index (χ4n) is 1.23. The fraction of sp³-hybridized carbons (Fsp3) is 0.333. The molecule has 2 amide bonds. The van der Waals surface area contributed by atoms with Crippen molar-refractivity contribution >= 4 is 23.6 Å². The molecule has 6 nitrogen and oxygen atoms in total. The first kappa shape index (κ1) is 15.1. The quantitative estimate of drug-likeness (QED) is 0.721. The standard InChI is InChI=1S/C12H15ClN2O4/c1-7(11(16)17)14-12(18)15-8(2)19-10-5-3-9(13)4-6-10/h3-8H,1-2H3,(H,16,17)(H2,14,15,18). The summed E-state index contributed by atoms with van der Waals surface area (Å²) in [5.74, 6) is -0.565. The maximum atomic E-state index is 11.4. The lowest BCUT2D eigenvalue weighted by Gasteiger charge is -2.17. The van der Waals surface area contributed by atoms with Crippen LogP contribution >= 0.6 is 11.6 Å². The van der Waals surface area contributed by atoms with Crippen molar-refractivity contribution in [3.63, 3.8) is 0 Å². The molecule has 0 aliphatic carbocycles. The van der Waals surface area contributed by atoms with E-state index in [-0.39, 0.29) is 0 Å². The summed E-state index contributed by atoms with van der Waals surface area (Å²) in [6.07, 6.45) is -0.609. The van der Waals surface area contributed by atoms with Crippen LogP contribution in [0.4, 0.5) is 4.79 Å². The Balaban J connectivity index is 2.42. The highest BCUT2D eigenvalue weighted by molar-refractivity contribution is 6.30. The van der Waals surface area contributed by atoms with Crippen LogP contribution in [0.2, 0.25) is 5.02 Å². The van der Waals surface area contributed by atoms with E-state index >= 15 is 0 Å². The molecule has 3 N–H and O–H groups in total. The number of halogens is 1. The lowest BCUT2D eigenvalue weighted by Crippen LogP contribution is -2.48. The summed E-state index contributed by atoms with van der Waals surface area (Å²) in [4.78, 5) is 22.0. The van der Waals surface area contributed by atoms with E-state index in [1.165, 1.54) is 6.92 Å². The summed E-state index contributed by atoms with van der Waals surface area (Å²) in [5, 5.41) is 13.9. The van der Waals surface area contributed by atoms with Crippen molar-refractivity contribution in [3.05, 3.63) is 29.3 Å². The van der Waals surface area contributed by atoms with Crippen LogP contribution in [0.5, 0.6) is 5.75 Å². The molecule has 7 heteroatoms. The Morgan fingerprint density at radius 1 is 1.21 bits per heavy atom. The van der Waals surface area contributed by atoms with Gasteiger partial charge >= 0.3 is 12.0 Å². The topological polar surface area (TPSA) is 87.7 Å². The zero-order chi connectivity index (χ0) is 14.4. The first-order valence-corrected chi connectivity index (χ1v) is 5.98. The number of aliphatic carboxylic acids is 1. The highest BCUT2D eigenvalue weighted by Crippen LogP contribution is 2.16. The number of rotatable bonds is 5. The van der Waals surface area contributed by atoms with Crippen LogP contribution in [0, 0.1) is 0 Å². The molecule has 2 atom stereocenters. The number of nitrogens with one attached hydrogen (secondary N) is 2. The largest absolute Gasteiger partial charge is 0.480 e. The molecule has 0 radical (unpaired) electrons. The number of carbonyl (C=O) groups is 2. The maximum absolute atomic E-state index is 11.4. The summed E-state index contributed by atoms with van der Waals surface area (Å²) < 4.78 is 5.40. The second kappa shape index (κ2) is 6.84. The summed E-state index contributed by atoms with van der Waals surface area (Å²) in [6, 6.07) is 5.07. The van der Waals surface area contributed by atoms with Crippen molar-refractivity contribution in [2.24, 2.45) is 0 Å². The number of hydrogen-bond donors (Lipinski definition) is 3. The highest BCUT2D eigenvalue weighted by atomic mass is 35.5. The molecule has 1 rings (SSSR count). The monoisotopic (exact) mass is 286 g/mol. The van der Waals surface area contributed by atoms with Gasteiger partial charge in [-0.3, -0.25) is 4.79 Å². The Labute approximate surface area is 115 Å². The number of amides is 2. The van der Waals surface area contributed by atoms with Gasteiger partial charge in [0.25, 0.3) is 0 Å². The first-order chi connectivity index (χ1) is 8.88. The Hall–Kier alpha value is -1.95. The Morgan fingerprint density at radius 2 is 1.79 bits per heavy atom. The van der Waals surface area contributed by atoms with Crippen LogP contribution in [-0.2, 0) is 4.79 Å². The van der Waals surface area contributed by atoms with Gasteiger partial charge in [-0.2, -0.15) is 0 Å². The second-order valence-corrected chi connectivity index (χ2v) is 4.33. The summed E-state index contributed by atoms with van der Waals surface area (Å²) in [7, 11) is 0.